The predicted molar refractivity (Wildman–Crippen MR) is 68.5 cm³/mol. The van der Waals surface area contributed by atoms with Gasteiger partial charge in [-0.05, 0) is 34.1 Å². The lowest BCUT2D eigenvalue weighted by atomic mass is 10.2. The molecule has 0 aromatic heterocycles. The highest BCUT2D eigenvalue weighted by molar-refractivity contribution is 9.10. The van der Waals surface area contributed by atoms with Crippen molar-refractivity contribution >= 4 is 33.4 Å². The summed E-state index contributed by atoms with van der Waals surface area (Å²) < 4.78 is 37.4. The van der Waals surface area contributed by atoms with Crippen molar-refractivity contribution in [2.75, 3.05) is 19.0 Å². The maximum atomic E-state index is 12.4. The van der Waals surface area contributed by atoms with Crippen molar-refractivity contribution in [3.63, 3.8) is 0 Å². The average molecular weight is 361 g/mol. The number of phenolic OH excluding ortho intramolecular Hbond substituents is 1. The van der Waals surface area contributed by atoms with Crippen LogP contribution in [0.4, 0.5) is 13.2 Å². The zero-order chi connectivity index (χ0) is 14.6. The summed E-state index contributed by atoms with van der Waals surface area (Å²) in [6.07, 6.45) is -4.50. The lowest BCUT2D eigenvalue weighted by Gasteiger charge is -2.23. The first-order chi connectivity index (χ1) is 8.74. The molecule has 0 unspecified atom stereocenters. The van der Waals surface area contributed by atoms with E-state index in [1.54, 1.807) is 0 Å². The number of alkyl halides is 4. The van der Waals surface area contributed by atoms with Gasteiger partial charge in [-0.25, -0.2) is 0 Å². The van der Waals surface area contributed by atoms with Crippen molar-refractivity contribution in [1.29, 1.82) is 0 Å². The van der Waals surface area contributed by atoms with Crippen molar-refractivity contribution in [1.82, 2.24) is 4.90 Å². The zero-order valence-electron chi connectivity index (χ0n) is 9.55. The second-order valence-corrected chi connectivity index (χ2v) is 4.93. The molecule has 0 saturated carbocycles. The summed E-state index contributed by atoms with van der Waals surface area (Å²) in [6.45, 7) is -1.61. The van der Waals surface area contributed by atoms with Crippen LogP contribution in [0.2, 0.25) is 0 Å². The van der Waals surface area contributed by atoms with Gasteiger partial charge in [0.15, 0.2) is 0 Å². The van der Waals surface area contributed by atoms with E-state index in [2.05, 4.69) is 15.9 Å². The normalized spacial score (nSPS) is 11.4. The molecule has 0 radical (unpaired) electrons. The van der Waals surface area contributed by atoms with Gasteiger partial charge in [0, 0.05) is 18.0 Å². The first-order valence-corrected chi connectivity index (χ1v) is 6.48. The van der Waals surface area contributed by atoms with Crippen LogP contribution in [0, 0.1) is 0 Å². The molecule has 0 atom stereocenters. The third-order valence-electron chi connectivity index (χ3n) is 2.20. The Hall–Kier alpha value is -0.950. The van der Waals surface area contributed by atoms with Gasteiger partial charge in [0.05, 0.1) is 4.47 Å². The van der Waals surface area contributed by atoms with Crippen LogP contribution in [0.3, 0.4) is 0 Å². The van der Waals surface area contributed by atoms with Gasteiger partial charge in [-0.2, -0.15) is 13.2 Å². The van der Waals surface area contributed by atoms with Gasteiger partial charge in [-0.3, -0.25) is 4.79 Å². The van der Waals surface area contributed by atoms with Crippen LogP contribution >= 0.6 is 27.5 Å². The van der Waals surface area contributed by atoms with E-state index >= 15 is 0 Å². The summed E-state index contributed by atoms with van der Waals surface area (Å²) in [5.41, 5.74) is -0.0323. The SMILES string of the molecule is O=C(c1ccc(Br)c(O)c1)N(CCCl)CC(F)(F)F. The first kappa shape index (κ1) is 16.1. The molecule has 1 aromatic rings. The third kappa shape index (κ3) is 4.91. The van der Waals surface area contributed by atoms with E-state index in [4.69, 9.17) is 11.6 Å². The Balaban J connectivity index is 2.95. The van der Waals surface area contributed by atoms with Crippen LogP contribution in [-0.2, 0) is 0 Å². The summed E-state index contributed by atoms with van der Waals surface area (Å²) in [5.74, 6) is -1.16. The third-order valence-corrected chi connectivity index (χ3v) is 3.04. The smallest absolute Gasteiger partial charge is 0.406 e. The summed E-state index contributed by atoms with van der Waals surface area (Å²) in [6, 6.07) is 3.81. The Morgan fingerprint density at radius 2 is 2.05 bits per heavy atom. The molecule has 8 heteroatoms. The fraction of sp³-hybridized carbons (Fsp3) is 0.364. The number of benzene rings is 1. The first-order valence-electron chi connectivity index (χ1n) is 5.15. The highest BCUT2D eigenvalue weighted by atomic mass is 79.9. The van der Waals surface area contributed by atoms with E-state index in [-0.39, 0.29) is 23.7 Å². The highest BCUT2D eigenvalue weighted by Crippen LogP contribution is 2.25. The molecule has 19 heavy (non-hydrogen) atoms. The molecule has 0 spiro atoms. The minimum absolute atomic E-state index is 0.0323. The number of carbonyl (C=O) groups excluding carboxylic acids is 1. The van der Waals surface area contributed by atoms with E-state index in [9.17, 15) is 23.1 Å². The maximum Gasteiger partial charge on any atom is 0.406 e. The van der Waals surface area contributed by atoms with E-state index < -0.39 is 18.6 Å². The van der Waals surface area contributed by atoms with Crippen LogP contribution < -0.4 is 0 Å². The Labute approximate surface area is 121 Å². The molecule has 0 aliphatic carbocycles. The van der Waals surface area contributed by atoms with Gasteiger partial charge in [0.1, 0.15) is 12.3 Å². The molecule has 0 bridgehead atoms. The van der Waals surface area contributed by atoms with Crippen LogP contribution in [0.15, 0.2) is 22.7 Å². The quantitative estimate of drug-likeness (QED) is 0.836. The highest BCUT2D eigenvalue weighted by Gasteiger charge is 2.33. The summed E-state index contributed by atoms with van der Waals surface area (Å²) >= 11 is 8.41. The number of carbonyl (C=O) groups is 1. The molecule has 1 N–H and O–H groups in total. The predicted octanol–water partition coefficient (Wildman–Crippen LogP) is 3.40. The van der Waals surface area contributed by atoms with Gasteiger partial charge < -0.3 is 10.0 Å². The van der Waals surface area contributed by atoms with Crippen molar-refractivity contribution in [2.45, 2.75) is 6.18 Å². The molecule has 1 rings (SSSR count). The summed E-state index contributed by atoms with van der Waals surface area (Å²) in [7, 11) is 0. The van der Waals surface area contributed by atoms with Gasteiger partial charge in [-0.1, -0.05) is 0 Å². The van der Waals surface area contributed by atoms with Crippen LogP contribution in [-0.4, -0.2) is 41.1 Å². The van der Waals surface area contributed by atoms with Gasteiger partial charge in [0.25, 0.3) is 5.91 Å². The van der Waals surface area contributed by atoms with Gasteiger partial charge >= 0.3 is 6.18 Å². The molecular weight excluding hydrogens is 350 g/mol. The van der Waals surface area contributed by atoms with Crippen LogP contribution in [0.25, 0.3) is 0 Å². The lowest BCUT2D eigenvalue weighted by Crippen LogP contribution is -2.40. The molecule has 1 amide bonds. The molecule has 1 aromatic carbocycles. The number of hydrogen-bond donors (Lipinski definition) is 1. The number of halogens is 5. The number of hydrogen-bond acceptors (Lipinski definition) is 2. The van der Waals surface area contributed by atoms with Crippen LogP contribution in [0.5, 0.6) is 5.75 Å². The van der Waals surface area contributed by atoms with E-state index in [0.29, 0.717) is 9.37 Å². The van der Waals surface area contributed by atoms with Crippen molar-refractivity contribution in [3.8, 4) is 5.75 Å². The van der Waals surface area contributed by atoms with E-state index in [1.165, 1.54) is 12.1 Å². The number of aromatic hydroxyl groups is 1. The largest absolute Gasteiger partial charge is 0.507 e. The number of amides is 1. The molecule has 3 nitrogen and oxygen atoms in total. The molecule has 0 saturated heterocycles. The molecule has 0 aliphatic heterocycles. The molecular formula is C11H10BrClF3NO2. The number of rotatable bonds is 4. The fourth-order valence-electron chi connectivity index (χ4n) is 1.40. The lowest BCUT2D eigenvalue weighted by molar-refractivity contribution is -0.140. The molecule has 0 aliphatic rings. The topological polar surface area (TPSA) is 40.5 Å². The zero-order valence-corrected chi connectivity index (χ0v) is 11.9. The fourth-order valence-corrected chi connectivity index (χ4v) is 1.85. The van der Waals surface area contributed by atoms with Crippen LogP contribution in [0.1, 0.15) is 10.4 Å². The monoisotopic (exact) mass is 359 g/mol. The van der Waals surface area contributed by atoms with Gasteiger partial charge in [-0.15, -0.1) is 11.6 Å². The van der Waals surface area contributed by atoms with Gasteiger partial charge in [0.2, 0.25) is 0 Å². The molecule has 0 fully saturated rings. The number of nitrogens with zero attached hydrogens (tertiary/aromatic N) is 1. The Bertz CT molecular complexity index is 468. The average Bonchev–Trinajstić information content (AvgIpc) is 2.29. The standard InChI is InChI=1S/C11H10BrClF3NO2/c12-8-2-1-7(5-9(8)18)10(19)17(4-3-13)6-11(14,15)16/h1-2,5,18H,3-4,6H2. The van der Waals surface area contributed by atoms with Crippen molar-refractivity contribution < 1.29 is 23.1 Å². The Morgan fingerprint density at radius 3 is 2.53 bits per heavy atom. The second kappa shape index (κ2) is 6.47. The molecule has 106 valence electrons. The maximum absolute atomic E-state index is 12.4. The number of phenols is 1. The van der Waals surface area contributed by atoms with E-state index in [1.807, 2.05) is 0 Å². The summed E-state index contributed by atoms with van der Waals surface area (Å²) in [4.78, 5) is 12.5. The minimum Gasteiger partial charge on any atom is -0.507 e. The second-order valence-electron chi connectivity index (χ2n) is 3.70. The summed E-state index contributed by atoms with van der Waals surface area (Å²) in [5, 5.41) is 9.43. The van der Waals surface area contributed by atoms with Crippen molar-refractivity contribution in [2.24, 2.45) is 0 Å². The Morgan fingerprint density at radius 1 is 1.42 bits per heavy atom. The van der Waals surface area contributed by atoms with E-state index in [0.717, 1.165) is 6.07 Å². The molecule has 0 heterocycles. The minimum atomic E-state index is -4.50. The Kier molecular flexibility index (Phi) is 5.49. The van der Waals surface area contributed by atoms with Crippen molar-refractivity contribution in [3.05, 3.63) is 28.2 Å².